The molecule has 1 saturated heterocycles. The van der Waals surface area contributed by atoms with E-state index in [1.165, 1.54) is 80.9 Å². The van der Waals surface area contributed by atoms with E-state index < -0.39 is 0 Å². The molecule has 0 radical (unpaired) electrons. The first-order chi connectivity index (χ1) is 15.8. The average Bonchev–Trinajstić information content (AvgIpc) is 2.87. The number of benzene rings is 2. The van der Waals surface area contributed by atoms with Crippen molar-refractivity contribution < 1.29 is 9.47 Å². The van der Waals surface area contributed by atoms with Gasteiger partial charge in [-0.05, 0) is 66.7 Å². The Morgan fingerprint density at radius 3 is 1.97 bits per heavy atom. The van der Waals surface area contributed by atoms with Gasteiger partial charge < -0.3 is 9.47 Å². The number of rotatable bonds is 9. The summed E-state index contributed by atoms with van der Waals surface area (Å²) in [6.07, 6.45) is 14.0. The zero-order valence-electron chi connectivity index (χ0n) is 20.3. The first-order valence-electron chi connectivity index (χ1n) is 13.2. The molecule has 0 amide bonds. The molecule has 174 valence electrons. The molecule has 2 aliphatic rings. The molecule has 2 nitrogen and oxygen atoms in total. The highest BCUT2D eigenvalue weighted by atomic mass is 16.7. The summed E-state index contributed by atoms with van der Waals surface area (Å²) in [6, 6.07) is 16.1. The van der Waals surface area contributed by atoms with E-state index >= 15 is 0 Å². The highest BCUT2D eigenvalue weighted by Gasteiger charge is 2.28. The Labute approximate surface area is 195 Å². The first-order valence-corrected chi connectivity index (χ1v) is 13.2. The van der Waals surface area contributed by atoms with Gasteiger partial charge >= 0.3 is 0 Å². The maximum atomic E-state index is 6.27. The van der Waals surface area contributed by atoms with Gasteiger partial charge in [-0.15, -0.1) is 0 Å². The van der Waals surface area contributed by atoms with Crippen molar-refractivity contribution in [2.45, 2.75) is 103 Å². The molecule has 1 saturated carbocycles. The number of hydrogen-bond donors (Lipinski definition) is 0. The molecular weight excluding hydrogens is 392 g/mol. The lowest BCUT2D eigenvalue weighted by Gasteiger charge is -2.33. The summed E-state index contributed by atoms with van der Waals surface area (Å²) in [6.45, 7) is 6.02. The fourth-order valence-corrected chi connectivity index (χ4v) is 5.40. The van der Waals surface area contributed by atoms with Gasteiger partial charge in [-0.25, -0.2) is 0 Å². The largest absolute Gasteiger partial charge is 0.348 e. The van der Waals surface area contributed by atoms with Crippen LogP contribution in [0, 0.1) is 0 Å². The molecule has 0 N–H and O–H groups in total. The van der Waals surface area contributed by atoms with Gasteiger partial charge in [-0.2, -0.15) is 0 Å². The molecule has 1 heterocycles. The van der Waals surface area contributed by atoms with Crippen molar-refractivity contribution in [3.63, 3.8) is 0 Å². The zero-order chi connectivity index (χ0) is 22.2. The maximum Gasteiger partial charge on any atom is 0.183 e. The van der Waals surface area contributed by atoms with Crippen molar-refractivity contribution >= 4 is 0 Å². The predicted molar refractivity (Wildman–Crippen MR) is 133 cm³/mol. The smallest absolute Gasteiger partial charge is 0.183 e. The molecule has 2 heteroatoms. The van der Waals surface area contributed by atoms with E-state index in [4.69, 9.17) is 9.47 Å². The monoisotopic (exact) mass is 434 g/mol. The minimum atomic E-state index is -0.228. The van der Waals surface area contributed by atoms with Crippen LogP contribution in [0.1, 0.15) is 118 Å². The summed E-state index contributed by atoms with van der Waals surface area (Å²) in [5.74, 6) is 1.06. The summed E-state index contributed by atoms with van der Waals surface area (Å²) in [5.41, 5.74) is 7.13. The van der Waals surface area contributed by atoms with Gasteiger partial charge in [0.25, 0.3) is 0 Å². The summed E-state index contributed by atoms with van der Waals surface area (Å²) >= 11 is 0. The van der Waals surface area contributed by atoms with Crippen molar-refractivity contribution in [3.8, 4) is 0 Å². The lowest BCUT2D eigenvalue weighted by atomic mass is 9.78. The first kappa shape index (κ1) is 23.5. The average molecular weight is 435 g/mol. The third-order valence-corrected chi connectivity index (χ3v) is 7.42. The molecule has 0 aromatic heterocycles. The zero-order valence-corrected chi connectivity index (χ0v) is 20.3. The molecule has 4 rings (SSSR count). The van der Waals surface area contributed by atoms with E-state index in [2.05, 4.69) is 56.3 Å². The molecule has 0 bridgehead atoms. The molecule has 2 fully saturated rings. The van der Waals surface area contributed by atoms with Gasteiger partial charge in [-0.3, -0.25) is 0 Å². The molecule has 1 aliphatic heterocycles. The van der Waals surface area contributed by atoms with E-state index in [1.54, 1.807) is 5.56 Å². The third-order valence-electron chi connectivity index (χ3n) is 7.42. The van der Waals surface area contributed by atoms with Crippen LogP contribution in [0.2, 0.25) is 0 Å². The predicted octanol–water partition coefficient (Wildman–Crippen LogP) is 8.25. The lowest BCUT2D eigenvalue weighted by Crippen LogP contribution is -2.27. The quantitative estimate of drug-likeness (QED) is 0.395. The van der Waals surface area contributed by atoms with Crippen LogP contribution in [0.25, 0.3) is 0 Å². The Balaban J connectivity index is 1.44. The molecule has 0 unspecified atom stereocenters. The van der Waals surface area contributed by atoms with E-state index in [9.17, 15) is 0 Å². The summed E-state index contributed by atoms with van der Waals surface area (Å²) < 4.78 is 12.5. The van der Waals surface area contributed by atoms with Crippen LogP contribution >= 0.6 is 0 Å². The van der Waals surface area contributed by atoms with Gasteiger partial charge in [0.2, 0.25) is 0 Å². The van der Waals surface area contributed by atoms with Crippen molar-refractivity contribution in [1.82, 2.24) is 0 Å². The minimum Gasteiger partial charge on any atom is -0.348 e. The van der Waals surface area contributed by atoms with E-state index in [0.29, 0.717) is 11.8 Å². The third kappa shape index (κ3) is 6.02. The fourth-order valence-electron chi connectivity index (χ4n) is 5.40. The van der Waals surface area contributed by atoms with Gasteiger partial charge in [0.15, 0.2) is 6.29 Å². The van der Waals surface area contributed by atoms with Gasteiger partial charge in [-0.1, -0.05) is 88.4 Å². The second kappa shape index (κ2) is 12.0. The van der Waals surface area contributed by atoms with Crippen molar-refractivity contribution in [2.24, 2.45) is 0 Å². The second-order valence-corrected chi connectivity index (χ2v) is 9.94. The Bertz CT molecular complexity index is 811. The second-order valence-electron chi connectivity index (χ2n) is 9.94. The molecule has 2 aromatic rings. The normalized spacial score (nSPS) is 22.2. The van der Waals surface area contributed by atoms with Crippen molar-refractivity contribution in [2.75, 3.05) is 13.2 Å². The van der Waals surface area contributed by atoms with E-state index in [0.717, 1.165) is 25.2 Å². The van der Waals surface area contributed by atoms with Crippen LogP contribution < -0.4 is 0 Å². The lowest BCUT2D eigenvalue weighted by molar-refractivity contribution is -0.191. The van der Waals surface area contributed by atoms with Gasteiger partial charge in [0.1, 0.15) is 0 Å². The summed E-state index contributed by atoms with van der Waals surface area (Å²) in [5, 5.41) is 0. The Morgan fingerprint density at radius 2 is 1.31 bits per heavy atom. The highest BCUT2D eigenvalue weighted by molar-refractivity contribution is 5.38. The summed E-state index contributed by atoms with van der Waals surface area (Å²) in [7, 11) is 0. The Hall–Kier alpha value is -1.64. The molecule has 1 aliphatic carbocycles. The van der Waals surface area contributed by atoms with Crippen LogP contribution in [-0.2, 0) is 22.3 Å². The van der Waals surface area contributed by atoms with Crippen LogP contribution in [0.3, 0.4) is 0 Å². The highest BCUT2D eigenvalue weighted by Crippen LogP contribution is 2.39. The summed E-state index contributed by atoms with van der Waals surface area (Å²) in [4.78, 5) is 0. The van der Waals surface area contributed by atoms with Crippen LogP contribution in [0.15, 0.2) is 42.5 Å². The number of aryl methyl sites for hydroxylation is 2. The van der Waals surface area contributed by atoms with Crippen molar-refractivity contribution in [3.05, 3.63) is 70.3 Å². The molecule has 32 heavy (non-hydrogen) atoms. The topological polar surface area (TPSA) is 18.5 Å². The molecular formula is C30H42O2. The van der Waals surface area contributed by atoms with E-state index in [-0.39, 0.29) is 6.29 Å². The van der Waals surface area contributed by atoms with Crippen molar-refractivity contribution in [1.29, 1.82) is 0 Å². The number of unbranched alkanes of at least 4 members (excludes halogenated alkanes) is 2. The SMILES string of the molecule is CCCCc1ccc(C2OCC(c3ccc(CCCC)cc3C3CCCCC3)CO2)cc1. The van der Waals surface area contributed by atoms with E-state index in [1.807, 2.05) is 0 Å². The standard InChI is InChI=1S/C30H42O2/c1-3-5-10-23-14-17-26(18-15-23)30-31-21-27(22-32-30)28-19-16-24(11-6-4-2)20-29(28)25-12-8-7-9-13-25/h14-20,25,27,30H,3-13,21-22H2,1-2H3. The van der Waals surface area contributed by atoms with Gasteiger partial charge in [0.05, 0.1) is 13.2 Å². The molecule has 0 spiro atoms. The van der Waals surface area contributed by atoms with Crippen LogP contribution in [-0.4, -0.2) is 13.2 Å². The number of hydrogen-bond acceptors (Lipinski definition) is 2. The molecule has 0 atom stereocenters. The van der Waals surface area contributed by atoms with Crippen LogP contribution in [0.5, 0.6) is 0 Å². The molecule has 2 aromatic carbocycles. The maximum absolute atomic E-state index is 6.27. The Morgan fingerprint density at radius 1 is 0.688 bits per heavy atom. The fraction of sp³-hybridized carbons (Fsp3) is 0.600. The van der Waals surface area contributed by atoms with Crippen LogP contribution in [0.4, 0.5) is 0 Å². The minimum absolute atomic E-state index is 0.228. The number of ether oxygens (including phenoxy) is 2. The Kier molecular flexibility index (Phi) is 8.82. The van der Waals surface area contributed by atoms with Gasteiger partial charge in [0, 0.05) is 11.5 Å².